The molecule has 7 heteroatoms. The summed E-state index contributed by atoms with van der Waals surface area (Å²) in [6.45, 7) is 8.11. The lowest BCUT2D eigenvalue weighted by molar-refractivity contribution is -0.0451. The fourth-order valence-corrected chi connectivity index (χ4v) is 4.69. The van der Waals surface area contributed by atoms with Crippen molar-refractivity contribution >= 4 is 5.91 Å². The average molecular weight is 361 g/mol. The van der Waals surface area contributed by atoms with Crippen LogP contribution in [0.25, 0.3) is 0 Å². The summed E-state index contributed by atoms with van der Waals surface area (Å²) < 4.78 is 8.15. The number of amides is 1. The molecule has 4 rings (SSSR count). The van der Waals surface area contributed by atoms with Crippen molar-refractivity contribution in [1.82, 2.24) is 24.3 Å². The molecule has 0 radical (unpaired) electrons. The molecule has 1 amide bonds. The second kappa shape index (κ2) is 7.29. The molecule has 144 valence electrons. The lowest BCUT2D eigenvalue weighted by Crippen LogP contribution is -2.50. The molecule has 1 aromatic rings. The SMILES string of the molecule is CN1CCN(C[C@H]2CO[C@@]3(CCCN(C(=O)c4cn(C)cn4)C3)C2)CC1. The molecule has 3 saturated heterocycles. The van der Waals surface area contributed by atoms with Crippen molar-refractivity contribution in [2.75, 3.05) is 59.5 Å². The quantitative estimate of drug-likeness (QED) is 0.792. The summed E-state index contributed by atoms with van der Waals surface area (Å²) in [5.74, 6) is 0.624. The minimum atomic E-state index is -0.139. The van der Waals surface area contributed by atoms with E-state index in [9.17, 15) is 4.79 Å². The van der Waals surface area contributed by atoms with Crippen molar-refractivity contribution in [3.8, 4) is 0 Å². The largest absolute Gasteiger partial charge is 0.373 e. The van der Waals surface area contributed by atoms with Crippen LogP contribution in [0.15, 0.2) is 12.5 Å². The van der Waals surface area contributed by atoms with Crippen molar-refractivity contribution in [2.45, 2.75) is 24.9 Å². The first-order chi connectivity index (χ1) is 12.5. The number of likely N-dealkylation sites (N-methyl/N-ethyl adjacent to an activating group) is 1. The number of likely N-dealkylation sites (tertiary alicyclic amines) is 1. The van der Waals surface area contributed by atoms with Gasteiger partial charge in [0.05, 0.1) is 25.1 Å². The Morgan fingerprint density at radius 1 is 1.27 bits per heavy atom. The highest BCUT2D eigenvalue weighted by atomic mass is 16.5. The smallest absolute Gasteiger partial charge is 0.274 e. The van der Waals surface area contributed by atoms with Gasteiger partial charge in [0.2, 0.25) is 0 Å². The van der Waals surface area contributed by atoms with Crippen LogP contribution in [-0.2, 0) is 11.8 Å². The minimum Gasteiger partial charge on any atom is -0.373 e. The molecule has 1 spiro atoms. The Kier molecular flexibility index (Phi) is 5.03. The predicted octanol–water partition coefficient (Wildman–Crippen LogP) is 0.679. The molecule has 0 saturated carbocycles. The number of hydrogen-bond acceptors (Lipinski definition) is 5. The third-order valence-electron chi connectivity index (χ3n) is 6.15. The molecule has 4 heterocycles. The minimum absolute atomic E-state index is 0.0378. The molecular formula is C19H31N5O2. The van der Waals surface area contributed by atoms with Crippen molar-refractivity contribution < 1.29 is 9.53 Å². The van der Waals surface area contributed by atoms with Crippen LogP contribution in [0.5, 0.6) is 0 Å². The normalized spacial score (nSPS) is 31.0. The first-order valence-electron chi connectivity index (χ1n) is 9.85. The van der Waals surface area contributed by atoms with Gasteiger partial charge in [-0.1, -0.05) is 0 Å². The molecule has 0 N–H and O–H groups in total. The zero-order valence-electron chi connectivity index (χ0n) is 16.1. The van der Waals surface area contributed by atoms with E-state index in [2.05, 4.69) is 21.8 Å². The summed E-state index contributed by atoms with van der Waals surface area (Å²) in [4.78, 5) is 23.9. The zero-order valence-corrected chi connectivity index (χ0v) is 16.1. The number of aromatic nitrogens is 2. The van der Waals surface area contributed by atoms with Crippen molar-refractivity contribution in [2.24, 2.45) is 13.0 Å². The van der Waals surface area contributed by atoms with Gasteiger partial charge in [-0.3, -0.25) is 4.79 Å². The number of piperazine rings is 1. The standard InChI is InChI=1S/C19H31N5O2/c1-21-6-8-23(9-7-21)11-16-10-19(26-13-16)4-3-5-24(14-19)18(25)17-12-22(2)15-20-17/h12,15-16H,3-11,13-14H2,1-2H3/t16-,19-/m0/s1. The van der Waals surface area contributed by atoms with E-state index in [1.165, 1.54) is 0 Å². The maximum absolute atomic E-state index is 12.8. The number of carbonyl (C=O) groups is 1. The first-order valence-corrected chi connectivity index (χ1v) is 9.85. The number of rotatable bonds is 3. The molecule has 7 nitrogen and oxygen atoms in total. The van der Waals surface area contributed by atoms with E-state index >= 15 is 0 Å². The van der Waals surface area contributed by atoms with Crippen LogP contribution in [0.3, 0.4) is 0 Å². The van der Waals surface area contributed by atoms with Crippen LogP contribution >= 0.6 is 0 Å². The second-order valence-electron chi connectivity index (χ2n) is 8.42. The molecular weight excluding hydrogens is 330 g/mol. The van der Waals surface area contributed by atoms with Crippen LogP contribution < -0.4 is 0 Å². The van der Waals surface area contributed by atoms with Gasteiger partial charge in [0.1, 0.15) is 5.69 Å². The van der Waals surface area contributed by atoms with Gasteiger partial charge in [-0.2, -0.15) is 0 Å². The van der Waals surface area contributed by atoms with E-state index in [4.69, 9.17) is 4.74 Å². The van der Waals surface area contributed by atoms with Gasteiger partial charge >= 0.3 is 0 Å². The molecule has 3 aliphatic rings. The molecule has 2 atom stereocenters. The van der Waals surface area contributed by atoms with Crippen molar-refractivity contribution in [3.05, 3.63) is 18.2 Å². The molecule has 3 fully saturated rings. The highest BCUT2D eigenvalue weighted by molar-refractivity contribution is 5.92. The molecule has 26 heavy (non-hydrogen) atoms. The number of nitrogens with zero attached hydrogens (tertiary/aromatic N) is 5. The molecule has 0 aliphatic carbocycles. The van der Waals surface area contributed by atoms with E-state index in [0.29, 0.717) is 18.2 Å². The van der Waals surface area contributed by atoms with Crippen LogP contribution in [0.2, 0.25) is 0 Å². The number of imidazole rings is 1. The van der Waals surface area contributed by atoms with E-state index in [-0.39, 0.29) is 11.5 Å². The summed E-state index contributed by atoms with van der Waals surface area (Å²) in [6, 6.07) is 0. The molecule has 0 bridgehead atoms. The lowest BCUT2D eigenvalue weighted by atomic mass is 9.86. The van der Waals surface area contributed by atoms with Crippen LogP contribution in [0, 0.1) is 5.92 Å². The monoisotopic (exact) mass is 361 g/mol. The van der Waals surface area contributed by atoms with Crippen molar-refractivity contribution in [1.29, 1.82) is 0 Å². The Morgan fingerprint density at radius 3 is 2.81 bits per heavy atom. The topological polar surface area (TPSA) is 53.8 Å². The van der Waals surface area contributed by atoms with Gasteiger partial charge in [0, 0.05) is 52.5 Å². The number of aryl methyl sites for hydroxylation is 1. The lowest BCUT2D eigenvalue weighted by Gasteiger charge is -2.39. The summed E-state index contributed by atoms with van der Waals surface area (Å²) in [6.07, 6.45) is 6.64. The average Bonchev–Trinajstić information content (AvgIpc) is 3.23. The Hall–Kier alpha value is -1.44. The van der Waals surface area contributed by atoms with E-state index < -0.39 is 0 Å². The van der Waals surface area contributed by atoms with Crippen molar-refractivity contribution in [3.63, 3.8) is 0 Å². The van der Waals surface area contributed by atoms with Gasteiger partial charge in [-0.15, -0.1) is 0 Å². The van der Waals surface area contributed by atoms with Crippen LogP contribution in [0.1, 0.15) is 29.8 Å². The summed E-state index contributed by atoms with van der Waals surface area (Å²) in [7, 11) is 4.09. The maximum Gasteiger partial charge on any atom is 0.274 e. The number of ether oxygens (including phenoxy) is 1. The maximum atomic E-state index is 12.8. The van der Waals surface area contributed by atoms with Gasteiger partial charge < -0.3 is 24.0 Å². The zero-order chi connectivity index (χ0) is 18.1. The summed E-state index contributed by atoms with van der Waals surface area (Å²) >= 11 is 0. The molecule has 3 aliphatic heterocycles. The number of hydrogen-bond donors (Lipinski definition) is 0. The first kappa shape index (κ1) is 17.9. The van der Waals surface area contributed by atoms with E-state index in [1.807, 2.05) is 16.5 Å². The highest BCUT2D eigenvalue weighted by Crippen LogP contribution is 2.38. The van der Waals surface area contributed by atoms with Crippen LogP contribution in [0.4, 0.5) is 0 Å². The third-order valence-corrected chi connectivity index (χ3v) is 6.15. The molecule has 0 aromatic carbocycles. The molecule has 1 aromatic heterocycles. The van der Waals surface area contributed by atoms with E-state index in [1.54, 1.807) is 12.5 Å². The number of piperidine rings is 1. The van der Waals surface area contributed by atoms with Gasteiger partial charge in [-0.25, -0.2) is 4.98 Å². The highest BCUT2D eigenvalue weighted by Gasteiger charge is 2.45. The fourth-order valence-electron chi connectivity index (χ4n) is 4.69. The summed E-state index contributed by atoms with van der Waals surface area (Å²) in [5, 5.41) is 0. The fraction of sp³-hybridized carbons (Fsp3) is 0.789. The second-order valence-corrected chi connectivity index (χ2v) is 8.42. The summed E-state index contributed by atoms with van der Waals surface area (Å²) in [5.41, 5.74) is 0.400. The van der Waals surface area contributed by atoms with Crippen LogP contribution in [-0.4, -0.2) is 95.2 Å². The Morgan fingerprint density at radius 2 is 2.08 bits per heavy atom. The number of carbonyl (C=O) groups excluding carboxylic acids is 1. The predicted molar refractivity (Wildman–Crippen MR) is 99.1 cm³/mol. The Labute approximate surface area is 155 Å². The van der Waals surface area contributed by atoms with Gasteiger partial charge in [-0.05, 0) is 32.2 Å². The van der Waals surface area contributed by atoms with Gasteiger partial charge in [0.25, 0.3) is 5.91 Å². The molecule has 0 unspecified atom stereocenters. The Bertz CT molecular complexity index is 640. The van der Waals surface area contributed by atoms with Gasteiger partial charge in [0.15, 0.2) is 0 Å². The third kappa shape index (κ3) is 3.80. The van der Waals surface area contributed by atoms with E-state index in [0.717, 1.165) is 65.1 Å². The Balaban J connectivity index is 1.34.